The lowest BCUT2D eigenvalue weighted by molar-refractivity contribution is -0.156. The highest BCUT2D eigenvalue weighted by molar-refractivity contribution is 5.98. The number of carbonyl (C=O) groups is 2. The average molecular weight is 211 g/mol. The summed E-state index contributed by atoms with van der Waals surface area (Å²) in [5.74, 6) is -0.329. The van der Waals surface area contributed by atoms with Gasteiger partial charge in [-0.1, -0.05) is 6.42 Å². The van der Waals surface area contributed by atoms with Crippen molar-refractivity contribution in [2.45, 2.75) is 26.2 Å². The molecule has 1 N–H and O–H groups in total. The van der Waals surface area contributed by atoms with E-state index in [-0.39, 0.29) is 17.8 Å². The van der Waals surface area contributed by atoms with Crippen LogP contribution < -0.4 is 5.32 Å². The van der Waals surface area contributed by atoms with Gasteiger partial charge in [0.25, 0.3) is 0 Å². The Morgan fingerprint density at radius 1 is 1.53 bits per heavy atom. The maximum atomic E-state index is 11.7. The van der Waals surface area contributed by atoms with Gasteiger partial charge in [0.2, 0.25) is 5.91 Å². The van der Waals surface area contributed by atoms with E-state index in [0.29, 0.717) is 12.5 Å². The van der Waals surface area contributed by atoms with Crippen molar-refractivity contribution in [2.24, 2.45) is 17.8 Å². The van der Waals surface area contributed by atoms with Crippen LogP contribution in [0.4, 0.5) is 0 Å². The number of rotatable bonds is 2. The predicted molar refractivity (Wildman–Crippen MR) is 54.0 cm³/mol. The first-order valence-corrected chi connectivity index (χ1v) is 5.68. The largest absolute Gasteiger partial charge is 0.465 e. The number of nitrogens with one attached hydrogen (secondary N) is 1. The smallest absolute Gasteiger partial charge is 0.318 e. The van der Waals surface area contributed by atoms with Gasteiger partial charge in [0, 0.05) is 6.54 Å². The Bertz CT molecular complexity index is 277. The van der Waals surface area contributed by atoms with Crippen molar-refractivity contribution in [3.05, 3.63) is 0 Å². The Morgan fingerprint density at radius 2 is 2.33 bits per heavy atom. The zero-order valence-corrected chi connectivity index (χ0v) is 8.99. The van der Waals surface area contributed by atoms with E-state index in [2.05, 4.69) is 5.32 Å². The van der Waals surface area contributed by atoms with Crippen molar-refractivity contribution in [1.29, 1.82) is 0 Å². The lowest BCUT2D eigenvalue weighted by Gasteiger charge is -2.31. The predicted octanol–water partition coefficient (Wildman–Crippen LogP) is 0.712. The maximum absolute atomic E-state index is 11.7. The van der Waals surface area contributed by atoms with E-state index >= 15 is 0 Å². The summed E-state index contributed by atoms with van der Waals surface area (Å²) in [7, 11) is 0. The lowest BCUT2D eigenvalue weighted by atomic mass is 9.80. The van der Waals surface area contributed by atoms with Gasteiger partial charge in [0.1, 0.15) is 5.92 Å². The molecule has 0 radical (unpaired) electrons. The molecular weight excluding hydrogens is 194 g/mol. The van der Waals surface area contributed by atoms with Gasteiger partial charge >= 0.3 is 5.97 Å². The molecule has 0 bridgehead atoms. The fourth-order valence-electron chi connectivity index (χ4n) is 2.81. The molecule has 2 aliphatic rings. The minimum absolute atomic E-state index is 0.142. The van der Waals surface area contributed by atoms with Gasteiger partial charge in [0.15, 0.2) is 0 Å². The Balaban J connectivity index is 2.11. The van der Waals surface area contributed by atoms with Gasteiger partial charge < -0.3 is 10.1 Å². The number of hydrogen-bond acceptors (Lipinski definition) is 3. The molecule has 3 atom stereocenters. The van der Waals surface area contributed by atoms with Crippen LogP contribution in [0.1, 0.15) is 26.2 Å². The highest BCUT2D eigenvalue weighted by Gasteiger charge is 2.45. The number of carbonyl (C=O) groups excluding carboxylic acids is 2. The molecule has 1 amide bonds. The molecule has 0 unspecified atom stereocenters. The highest BCUT2D eigenvalue weighted by Crippen LogP contribution is 2.39. The van der Waals surface area contributed by atoms with Crippen molar-refractivity contribution < 1.29 is 14.3 Å². The van der Waals surface area contributed by atoms with Crippen LogP contribution in [0.2, 0.25) is 0 Å². The lowest BCUT2D eigenvalue weighted by Crippen LogP contribution is -2.49. The Morgan fingerprint density at radius 3 is 3.07 bits per heavy atom. The second kappa shape index (κ2) is 4.21. The van der Waals surface area contributed by atoms with Crippen molar-refractivity contribution in [3.63, 3.8) is 0 Å². The SMILES string of the molecule is CCOC(=O)[C@H]1C(=O)NC[C@@H]2CCC[C@@H]21. The van der Waals surface area contributed by atoms with E-state index in [4.69, 9.17) is 4.74 Å². The first kappa shape index (κ1) is 10.5. The topological polar surface area (TPSA) is 55.4 Å². The molecule has 4 nitrogen and oxygen atoms in total. The number of ether oxygens (including phenoxy) is 1. The summed E-state index contributed by atoms with van der Waals surface area (Å²) in [6.07, 6.45) is 3.24. The van der Waals surface area contributed by atoms with E-state index in [1.807, 2.05) is 0 Å². The van der Waals surface area contributed by atoms with Crippen LogP contribution in [0.3, 0.4) is 0 Å². The monoisotopic (exact) mass is 211 g/mol. The molecule has 0 aromatic rings. The second-order valence-electron chi connectivity index (χ2n) is 4.33. The summed E-state index contributed by atoms with van der Waals surface area (Å²) in [5, 5.41) is 2.80. The minimum Gasteiger partial charge on any atom is -0.465 e. The summed E-state index contributed by atoms with van der Waals surface area (Å²) in [5.41, 5.74) is 0. The van der Waals surface area contributed by atoms with Crippen LogP contribution in [0.15, 0.2) is 0 Å². The molecular formula is C11H17NO3. The average Bonchev–Trinajstić information content (AvgIpc) is 2.65. The molecule has 1 heterocycles. The van der Waals surface area contributed by atoms with E-state index < -0.39 is 5.92 Å². The third kappa shape index (κ3) is 1.85. The number of esters is 1. The summed E-state index contributed by atoms with van der Waals surface area (Å²) in [6, 6.07) is 0. The third-order valence-corrected chi connectivity index (χ3v) is 3.51. The summed E-state index contributed by atoms with van der Waals surface area (Å²) < 4.78 is 4.96. The standard InChI is InChI=1S/C11H17NO3/c1-2-15-11(14)9-8-5-3-4-7(8)6-12-10(9)13/h7-9H,2-6H2,1H3,(H,12,13)/t7-,8-,9+/m0/s1. The molecule has 4 heteroatoms. The van der Waals surface area contributed by atoms with Gasteiger partial charge in [-0.2, -0.15) is 0 Å². The van der Waals surface area contributed by atoms with Crippen molar-refractivity contribution >= 4 is 11.9 Å². The van der Waals surface area contributed by atoms with Crippen LogP contribution in [0, 0.1) is 17.8 Å². The second-order valence-corrected chi connectivity index (χ2v) is 4.33. The van der Waals surface area contributed by atoms with Gasteiger partial charge in [-0.25, -0.2) is 0 Å². The van der Waals surface area contributed by atoms with Gasteiger partial charge in [-0.15, -0.1) is 0 Å². The summed E-state index contributed by atoms with van der Waals surface area (Å²) >= 11 is 0. The molecule has 1 aliphatic heterocycles. The van der Waals surface area contributed by atoms with Gasteiger partial charge in [-0.3, -0.25) is 9.59 Å². The third-order valence-electron chi connectivity index (χ3n) is 3.51. The van der Waals surface area contributed by atoms with Crippen molar-refractivity contribution in [3.8, 4) is 0 Å². The number of amides is 1. The Labute approximate surface area is 89.4 Å². The van der Waals surface area contributed by atoms with Crippen LogP contribution in [0.5, 0.6) is 0 Å². The number of hydrogen-bond donors (Lipinski definition) is 1. The van der Waals surface area contributed by atoms with E-state index in [1.54, 1.807) is 6.92 Å². The first-order valence-electron chi connectivity index (χ1n) is 5.68. The van der Waals surface area contributed by atoms with Crippen LogP contribution in [-0.4, -0.2) is 25.0 Å². The first-order chi connectivity index (χ1) is 7.24. The van der Waals surface area contributed by atoms with Gasteiger partial charge in [-0.05, 0) is 31.6 Å². The van der Waals surface area contributed by atoms with Crippen LogP contribution >= 0.6 is 0 Å². The van der Waals surface area contributed by atoms with Crippen LogP contribution in [0.25, 0.3) is 0 Å². The molecule has 1 saturated heterocycles. The van der Waals surface area contributed by atoms with Crippen LogP contribution in [-0.2, 0) is 14.3 Å². The minimum atomic E-state index is -0.550. The zero-order valence-electron chi connectivity index (χ0n) is 8.99. The fourth-order valence-corrected chi connectivity index (χ4v) is 2.81. The van der Waals surface area contributed by atoms with Crippen molar-refractivity contribution in [1.82, 2.24) is 5.32 Å². The van der Waals surface area contributed by atoms with Gasteiger partial charge in [0.05, 0.1) is 6.61 Å². The summed E-state index contributed by atoms with van der Waals surface area (Å²) in [4.78, 5) is 23.3. The van der Waals surface area contributed by atoms with E-state index in [0.717, 1.165) is 25.8 Å². The molecule has 0 aromatic heterocycles. The fraction of sp³-hybridized carbons (Fsp3) is 0.818. The normalized spacial score (nSPS) is 34.5. The molecule has 15 heavy (non-hydrogen) atoms. The molecule has 84 valence electrons. The number of piperidine rings is 1. The highest BCUT2D eigenvalue weighted by atomic mass is 16.5. The van der Waals surface area contributed by atoms with E-state index in [1.165, 1.54) is 0 Å². The number of fused-ring (bicyclic) bond motifs is 1. The Hall–Kier alpha value is -1.06. The maximum Gasteiger partial charge on any atom is 0.318 e. The summed E-state index contributed by atoms with van der Waals surface area (Å²) in [6.45, 7) is 2.85. The molecule has 1 saturated carbocycles. The molecule has 2 fully saturated rings. The Kier molecular flexibility index (Phi) is 2.93. The quantitative estimate of drug-likeness (QED) is 0.540. The molecule has 0 aromatic carbocycles. The zero-order chi connectivity index (χ0) is 10.8. The molecule has 2 rings (SSSR count). The molecule has 1 aliphatic carbocycles. The van der Waals surface area contributed by atoms with Crippen molar-refractivity contribution in [2.75, 3.05) is 13.2 Å². The van der Waals surface area contributed by atoms with E-state index in [9.17, 15) is 9.59 Å². The molecule has 0 spiro atoms.